The Kier molecular flexibility index (Phi) is 5.79. The van der Waals surface area contributed by atoms with Gasteiger partial charge in [0.05, 0.1) is 11.7 Å². The van der Waals surface area contributed by atoms with E-state index < -0.39 is 0 Å². The second-order valence-corrected chi connectivity index (χ2v) is 5.69. The zero-order valence-corrected chi connectivity index (χ0v) is 13.2. The van der Waals surface area contributed by atoms with Crippen molar-refractivity contribution >= 4 is 27.7 Å². The number of carbonyl (C=O) groups is 1. The molecule has 0 radical (unpaired) electrons. The fourth-order valence-corrected chi connectivity index (χ4v) is 2.52. The van der Waals surface area contributed by atoms with Crippen molar-refractivity contribution in [1.82, 2.24) is 10.3 Å². The van der Waals surface area contributed by atoms with Crippen LogP contribution in [-0.2, 0) is 4.74 Å². The third kappa shape index (κ3) is 4.18. The number of hydrogen-bond acceptors (Lipinski definition) is 4. The van der Waals surface area contributed by atoms with Gasteiger partial charge in [-0.25, -0.2) is 4.98 Å². The van der Waals surface area contributed by atoms with Gasteiger partial charge >= 0.3 is 0 Å². The minimum atomic E-state index is -0.121. The minimum absolute atomic E-state index is 0.121. The van der Waals surface area contributed by atoms with Crippen LogP contribution in [0.3, 0.4) is 0 Å². The van der Waals surface area contributed by atoms with Crippen LogP contribution in [0.25, 0.3) is 0 Å². The Morgan fingerprint density at radius 3 is 3.10 bits per heavy atom. The van der Waals surface area contributed by atoms with E-state index in [1.807, 2.05) is 6.92 Å². The number of anilines is 1. The zero-order chi connectivity index (χ0) is 14.4. The largest absolute Gasteiger partial charge is 0.376 e. The monoisotopic (exact) mass is 341 g/mol. The predicted octanol–water partition coefficient (Wildman–Crippen LogP) is 2.57. The second kappa shape index (κ2) is 7.59. The molecule has 2 heterocycles. The Bertz CT molecular complexity index is 462. The standard InChI is InChI=1S/C14H20BrN3O2/c1-2-16-13-12(7-10(15)8-17-13)14(19)18-9-11-5-3-4-6-20-11/h7-8,11H,2-6,9H2,1H3,(H,16,17)(H,18,19). The lowest BCUT2D eigenvalue weighted by molar-refractivity contribution is 0.0169. The van der Waals surface area contributed by atoms with Crippen LogP contribution in [0.15, 0.2) is 16.7 Å². The Morgan fingerprint density at radius 2 is 2.40 bits per heavy atom. The number of rotatable bonds is 5. The van der Waals surface area contributed by atoms with E-state index in [0.717, 1.165) is 30.5 Å². The van der Waals surface area contributed by atoms with Gasteiger partial charge in [-0.1, -0.05) is 0 Å². The molecule has 1 atom stereocenters. The molecule has 1 aliphatic heterocycles. The van der Waals surface area contributed by atoms with Crippen molar-refractivity contribution in [2.24, 2.45) is 0 Å². The molecule has 1 saturated heterocycles. The number of nitrogens with zero attached hydrogens (tertiary/aromatic N) is 1. The maximum absolute atomic E-state index is 12.3. The highest BCUT2D eigenvalue weighted by Crippen LogP contribution is 2.18. The van der Waals surface area contributed by atoms with E-state index in [-0.39, 0.29) is 12.0 Å². The van der Waals surface area contributed by atoms with Crippen molar-refractivity contribution in [3.63, 3.8) is 0 Å². The molecule has 5 nitrogen and oxygen atoms in total. The molecule has 1 aliphatic rings. The normalized spacial score (nSPS) is 18.6. The number of hydrogen-bond donors (Lipinski definition) is 2. The number of carbonyl (C=O) groups excluding carboxylic acids is 1. The van der Waals surface area contributed by atoms with Gasteiger partial charge in [-0.2, -0.15) is 0 Å². The number of nitrogens with one attached hydrogen (secondary N) is 2. The van der Waals surface area contributed by atoms with Gasteiger partial charge in [-0.05, 0) is 48.2 Å². The van der Waals surface area contributed by atoms with Crippen LogP contribution in [0.5, 0.6) is 0 Å². The van der Waals surface area contributed by atoms with E-state index in [4.69, 9.17) is 4.74 Å². The van der Waals surface area contributed by atoms with E-state index >= 15 is 0 Å². The molecule has 2 N–H and O–H groups in total. The van der Waals surface area contributed by atoms with E-state index in [1.54, 1.807) is 12.3 Å². The van der Waals surface area contributed by atoms with Crippen LogP contribution in [0, 0.1) is 0 Å². The maximum atomic E-state index is 12.3. The Hall–Kier alpha value is -1.14. The van der Waals surface area contributed by atoms with Crippen LogP contribution in [-0.4, -0.2) is 36.7 Å². The predicted molar refractivity (Wildman–Crippen MR) is 82.0 cm³/mol. The van der Waals surface area contributed by atoms with Crippen LogP contribution in [0.1, 0.15) is 36.5 Å². The molecular weight excluding hydrogens is 322 g/mol. The summed E-state index contributed by atoms with van der Waals surface area (Å²) >= 11 is 3.35. The van der Waals surface area contributed by atoms with E-state index in [2.05, 4.69) is 31.5 Å². The highest BCUT2D eigenvalue weighted by atomic mass is 79.9. The Labute approximate surface area is 127 Å². The molecule has 0 spiro atoms. The first-order chi connectivity index (χ1) is 9.70. The van der Waals surface area contributed by atoms with Gasteiger partial charge in [0.25, 0.3) is 5.91 Å². The smallest absolute Gasteiger partial charge is 0.255 e. The minimum Gasteiger partial charge on any atom is -0.376 e. The van der Waals surface area contributed by atoms with Gasteiger partial charge < -0.3 is 15.4 Å². The summed E-state index contributed by atoms with van der Waals surface area (Å²) in [5.41, 5.74) is 0.553. The Balaban J connectivity index is 1.98. The topological polar surface area (TPSA) is 63.2 Å². The third-order valence-electron chi connectivity index (χ3n) is 3.21. The fraction of sp³-hybridized carbons (Fsp3) is 0.571. The molecule has 0 aromatic carbocycles. The van der Waals surface area contributed by atoms with E-state index in [9.17, 15) is 4.79 Å². The van der Waals surface area contributed by atoms with Gasteiger partial charge in [-0.15, -0.1) is 0 Å². The highest BCUT2D eigenvalue weighted by molar-refractivity contribution is 9.10. The SMILES string of the molecule is CCNc1ncc(Br)cc1C(=O)NCC1CCCCO1. The van der Waals surface area contributed by atoms with Crippen LogP contribution in [0.4, 0.5) is 5.82 Å². The van der Waals surface area contributed by atoms with Crippen molar-refractivity contribution in [2.75, 3.05) is 25.0 Å². The molecule has 0 aliphatic carbocycles. The quantitative estimate of drug-likeness (QED) is 0.863. The van der Waals surface area contributed by atoms with Crippen molar-refractivity contribution < 1.29 is 9.53 Å². The van der Waals surface area contributed by atoms with Crippen LogP contribution < -0.4 is 10.6 Å². The summed E-state index contributed by atoms with van der Waals surface area (Å²) in [7, 11) is 0. The molecule has 20 heavy (non-hydrogen) atoms. The molecule has 1 amide bonds. The first-order valence-electron chi connectivity index (χ1n) is 7.00. The molecule has 1 aromatic rings. The number of pyridine rings is 1. The molecule has 6 heteroatoms. The van der Waals surface area contributed by atoms with Crippen molar-refractivity contribution in [2.45, 2.75) is 32.3 Å². The molecule has 110 valence electrons. The molecule has 1 fully saturated rings. The lowest BCUT2D eigenvalue weighted by Gasteiger charge is -2.22. The summed E-state index contributed by atoms with van der Waals surface area (Å²) in [5.74, 6) is 0.488. The zero-order valence-electron chi connectivity index (χ0n) is 11.6. The number of aromatic nitrogens is 1. The summed E-state index contributed by atoms with van der Waals surface area (Å²) in [6.45, 7) is 4.04. The van der Waals surface area contributed by atoms with Crippen molar-refractivity contribution in [1.29, 1.82) is 0 Å². The van der Waals surface area contributed by atoms with E-state index in [0.29, 0.717) is 17.9 Å². The highest BCUT2D eigenvalue weighted by Gasteiger charge is 2.17. The summed E-state index contributed by atoms with van der Waals surface area (Å²) in [6, 6.07) is 1.78. The molecule has 0 bridgehead atoms. The van der Waals surface area contributed by atoms with Gasteiger partial charge in [0, 0.05) is 30.4 Å². The molecule has 1 unspecified atom stereocenters. The van der Waals surface area contributed by atoms with Crippen molar-refractivity contribution in [3.8, 4) is 0 Å². The average molecular weight is 342 g/mol. The summed E-state index contributed by atoms with van der Waals surface area (Å²) in [6.07, 6.45) is 5.11. The lowest BCUT2D eigenvalue weighted by atomic mass is 10.1. The molecule has 2 rings (SSSR count). The van der Waals surface area contributed by atoms with Gasteiger partial charge in [-0.3, -0.25) is 4.79 Å². The van der Waals surface area contributed by atoms with Gasteiger partial charge in [0.15, 0.2) is 0 Å². The Morgan fingerprint density at radius 1 is 1.55 bits per heavy atom. The van der Waals surface area contributed by atoms with Crippen molar-refractivity contribution in [3.05, 3.63) is 22.3 Å². The first-order valence-corrected chi connectivity index (χ1v) is 7.79. The average Bonchev–Trinajstić information content (AvgIpc) is 2.48. The van der Waals surface area contributed by atoms with E-state index in [1.165, 1.54) is 6.42 Å². The molecule has 0 saturated carbocycles. The summed E-state index contributed by atoms with van der Waals surface area (Å²) < 4.78 is 6.40. The van der Waals surface area contributed by atoms with Crippen LogP contribution >= 0.6 is 15.9 Å². The second-order valence-electron chi connectivity index (χ2n) is 4.78. The van der Waals surface area contributed by atoms with Crippen LogP contribution in [0.2, 0.25) is 0 Å². The number of halogens is 1. The third-order valence-corrected chi connectivity index (χ3v) is 3.64. The van der Waals surface area contributed by atoms with Gasteiger partial charge in [0.2, 0.25) is 0 Å². The molecular formula is C14H20BrN3O2. The number of amides is 1. The number of ether oxygens (including phenoxy) is 1. The fourth-order valence-electron chi connectivity index (χ4n) is 2.19. The lowest BCUT2D eigenvalue weighted by Crippen LogP contribution is -2.35. The maximum Gasteiger partial charge on any atom is 0.255 e. The summed E-state index contributed by atoms with van der Waals surface area (Å²) in [4.78, 5) is 16.5. The first kappa shape index (κ1) is 15.3. The summed E-state index contributed by atoms with van der Waals surface area (Å²) in [5, 5.41) is 6.03. The molecule has 1 aromatic heterocycles. The van der Waals surface area contributed by atoms with Gasteiger partial charge in [0.1, 0.15) is 5.82 Å².